The summed E-state index contributed by atoms with van der Waals surface area (Å²) in [5.74, 6) is -0.498. The van der Waals surface area contributed by atoms with Crippen molar-refractivity contribution in [2.75, 3.05) is 0 Å². The Kier molecular flexibility index (Phi) is 3.92. The summed E-state index contributed by atoms with van der Waals surface area (Å²) in [6.07, 6.45) is 0. The van der Waals surface area contributed by atoms with Crippen LogP contribution in [0.15, 0.2) is 63.8 Å². The molecular weight excluding hydrogens is 348 g/mol. The highest BCUT2D eigenvalue weighted by Crippen LogP contribution is 2.25. The molecule has 2 N–H and O–H groups in total. The van der Waals surface area contributed by atoms with E-state index in [0.29, 0.717) is 22.7 Å². The molecule has 4 rings (SSSR count). The van der Waals surface area contributed by atoms with Crippen molar-refractivity contribution in [1.82, 2.24) is 20.0 Å². The number of nitrogens with one attached hydrogen (secondary N) is 1. The van der Waals surface area contributed by atoms with Gasteiger partial charge in [0.15, 0.2) is 0 Å². The molecule has 8 heteroatoms. The van der Waals surface area contributed by atoms with Gasteiger partial charge in [-0.05, 0) is 49.4 Å². The Morgan fingerprint density at radius 1 is 1.04 bits per heavy atom. The summed E-state index contributed by atoms with van der Waals surface area (Å²) >= 11 is 0. The van der Waals surface area contributed by atoms with Gasteiger partial charge in [-0.15, -0.1) is 10.2 Å². The maximum atomic E-state index is 11.9. The molecule has 0 spiro atoms. The van der Waals surface area contributed by atoms with Crippen LogP contribution in [0.4, 0.5) is 0 Å². The van der Waals surface area contributed by atoms with Gasteiger partial charge in [0.2, 0.25) is 11.8 Å². The lowest BCUT2D eigenvalue weighted by Gasteiger charge is -2.02. The Bertz CT molecular complexity index is 1180. The number of carboxylic acid groups (broad SMARTS) is 1. The fourth-order valence-electron chi connectivity index (χ4n) is 2.70. The topological polar surface area (TPSA) is 114 Å². The molecule has 0 atom stereocenters. The largest absolute Gasteiger partial charge is 0.478 e. The summed E-state index contributed by atoms with van der Waals surface area (Å²) in [6.45, 7) is 1.81. The van der Waals surface area contributed by atoms with Crippen molar-refractivity contribution in [3.63, 3.8) is 0 Å². The van der Waals surface area contributed by atoms with Crippen LogP contribution in [-0.4, -0.2) is 31.1 Å². The number of hydrogen-bond acceptors (Lipinski definition) is 5. The van der Waals surface area contributed by atoms with Crippen molar-refractivity contribution in [2.24, 2.45) is 0 Å². The van der Waals surface area contributed by atoms with E-state index in [1.807, 2.05) is 6.92 Å². The van der Waals surface area contributed by atoms with Gasteiger partial charge in [0.25, 0.3) is 5.56 Å². The lowest BCUT2D eigenvalue weighted by molar-refractivity contribution is 0.0697. The maximum absolute atomic E-state index is 11.9. The number of hydrogen-bond donors (Lipinski definition) is 2. The number of benzene rings is 2. The zero-order valence-corrected chi connectivity index (χ0v) is 14.2. The van der Waals surface area contributed by atoms with E-state index < -0.39 is 5.97 Å². The van der Waals surface area contributed by atoms with Gasteiger partial charge in [0.05, 0.1) is 11.3 Å². The zero-order chi connectivity index (χ0) is 19.0. The molecular formula is C19H14N4O4. The Labute approximate surface area is 152 Å². The summed E-state index contributed by atoms with van der Waals surface area (Å²) in [5, 5.41) is 20.1. The summed E-state index contributed by atoms with van der Waals surface area (Å²) in [7, 11) is 0. The number of H-pyrrole nitrogens is 1. The quantitative estimate of drug-likeness (QED) is 0.577. The number of aryl methyl sites for hydroxylation is 1. The maximum Gasteiger partial charge on any atom is 0.335 e. The molecule has 0 saturated heterocycles. The van der Waals surface area contributed by atoms with Gasteiger partial charge in [0.1, 0.15) is 0 Å². The van der Waals surface area contributed by atoms with Crippen molar-refractivity contribution in [2.45, 2.75) is 6.92 Å². The highest BCUT2D eigenvalue weighted by Gasteiger charge is 2.13. The van der Waals surface area contributed by atoms with E-state index in [4.69, 9.17) is 9.52 Å². The van der Waals surface area contributed by atoms with Crippen LogP contribution < -0.4 is 5.56 Å². The first-order valence-corrected chi connectivity index (χ1v) is 8.08. The molecule has 2 aromatic carbocycles. The molecule has 8 nitrogen and oxygen atoms in total. The molecule has 2 aromatic heterocycles. The Morgan fingerprint density at radius 3 is 2.37 bits per heavy atom. The van der Waals surface area contributed by atoms with Gasteiger partial charge in [-0.2, -0.15) is 0 Å². The predicted molar refractivity (Wildman–Crippen MR) is 96.8 cm³/mol. The minimum atomic E-state index is -1.03. The van der Waals surface area contributed by atoms with Gasteiger partial charge in [-0.25, -0.2) is 9.48 Å². The third kappa shape index (κ3) is 3.15. The smallest absolute Gasteiger partial charge is 0.335 e. The van der Waals surface area contributed by atoms with Gasteiger partial charge >= 0.3 is 5.97 Å². The second kappa shape index (κ2) is 6.41. The van der Waals surface area contributed by atoms with E-state index in [0.717, 1.165) is 5.69 Å². The monoisotopic (exact) mass is 362 g/mol. The summed E-state index contributed by atoms with van der Waals surface area (Å²) in [4.78, 5) is 23.0. The highest BCUT2D eigenvalue weighted by atomic mass is 16.4. The molecule has 0 radical (unpaired) electrons. The van der Waals surface area contributed by atoms with Crippen LogP contribution in [0.5, 0.6) is 0 Å². The van der Waals surface area contributed by atoms with E-state index in [9.17, 15) is 9.59 Å². The molecule has 0 saturated carbocycles. The number of aromatic nitrogens is 4. The third-order valence-corrected chi connectivity index (χ3v) is 4.00. The van der Waals surface area contributed by atoms with E-state index >= 15 is 0 Å². The fraction of sp³-hybridized carbons (Fsp3) is 0.0526. The summed E-state index contributed by atoms with van der Waals surface area (Å²) in [5.41, 5.74) is 2.67. The number of carboxylic acids is 1. The fourth-order valence-corrected chi connectivity index (χ4v) is 2.70. The van der Waals surface area contributed by atoms with Crippen LogP contribution in [0.25, 0.3) is 28.6 Å². The Balaban J connectivity index is 1.64. The molecule has 2 heterocycles. The molecule has 0 aliphatic heterocycles. The molecule has 27 heavy (non-hydrogen) atoms. The number of rotatable bonds is 4. The van der Waals surface area contributed by atoms with E-state index in [1.54, 1.807) is 36.4 Å². The Morgan fingerprint density at radius 2 is 1.74 bits per heavy atom. The summed E-state index contributed by atoms with van der Waals surface area (Å²) < 4.78 is 7.11. The van der Waals surface area contributed by atoms with Crippen molar-refractivity contribution in [1.29, 1.82) is 0 Å². The molecule has 0 aliphatic rings. The van der Waals surface area contributed by atoms with Crippen LogP contribution in [-0.2, 0) is 0 Å². The van der Waals surface area contributed by atoms with E-state index in [1.165, 1.54) is 22.9 Å². The average molecular weight is 362 g/mol. The molecule has 0 aliphatic carbocycles. The molecule has 0 fully saturated rings. The predicted octanol–water partition coefficient (Wildman–Crippen LogP) is 2.89. The molecule has 134 valence electrons. The van der Waals surface area contributed by atoms with Crippen LogP contribution in [0.3, 0.4) is 0 Å². The van der Waals surface area contributed by atoms with Crippen LogP contribution in [0.2, 0.25) is 0 Å². The van der Waals surface area contributed by atoms with Gasteiger partial charge in [-0.1, -0.05) is 6.07 Å². The lowest BCUT2D eigenvalue weighted by Crippen LogP contribution is -2.13. The van der Waals surface area contributed by atoms with Crippen molar-refractivity contribution >= 4 is 5.97 Å². The molecule has 0 unspecified atom stereocenters. The molecule has 0 amide bonds. The molecule has 4 aromatic rings. The van der Waals surface area contributed by atoms with Gasteiger partial charge in [0, 0.05) is 22.9 Å². The van der Waals surface area contributed by atoms with Crippen LogP contribution in [0.1, 0.15) is 16.1 Å². The first-order valence-electron chi connectivity index (χ1n) is 8.08. The number of nitrogens with zero attached hydrogens (tertiary/aromatic N) is 3. The third-order valence-electron chi connectivity index (χ3n) is 4.00. The number of aromatic amines is 1. The van der Waals surface area contributed by atoms with E-state index in [-0.39, 0.29) is 17.0 Å². The van der Waals surface area contributed by atoms with Gasteiger partial charge < -0.3 is 9.52 Å². The first-order chi connectivity index (χ1) is 13.0. The normalized spacial score (nSPS) is 10.9. The van der Waals surface area contributed by atoms with Crippen LogP contribution >= 0.6 is 0 Å². The first kappa shape index (κ1) is 16.5. The van der Waals surface area contributed by atoms with E-state index in [2.05, 4.69) is 15.3 Å². The zero-order valence-electron chi connectivity index (χ0n) is 14.2. The second-order valence-electron chi connectivity index (χ2n) is 5.96. The second-order valence-corrected chi connectivity index (χ2v) is 5.96. The summed E-state index contributed by atoms with van der Waals surface area (Å²) in [6, 6.07) is 14.9. The van der Waals surface area contributed by atoms with Crippen molar-refractivity contribution in [3.8, 4) is 28.6 Å². The van der Waals surface area contributed by atoms with Crippen LogP contribution in [0, 0.1) is 6.92 Å². The average Bonchev–Trinajstić information content (AvgIpc) is 3.28. The van der Waals surface area contributed by atoms with Crippen molar-refractivity contribution in [3.05, 3.63) is 76.2 Å². The Hall–Kier alpha value is -3.94. The lowest BCUT2D eigenvalue weighted by atomic mass is 10.1. The SMILES string of the molecule is Cc1cc(=O)n(-c2ccc(-c3nnc(-c4cccc(C(=O)O)c4)o3)cc2)[nH]1. The standard InChI is InChI=1S/C19H14N4O4/c1-11-9-16(24)23(22-11)15-7-5-12(6-8-15)17-20-21-18(27-17)13-3-2-4-14(10-13)19(25)26/h2-10,22H,1H3,(H,25,26). The number of carbonyl (C=O) groups is 1. The van der Waals surface area contributed by atoms with Crippen molar-refractivity contribution < 1.29 is 14.3 Å². The van der Waals surface area contributed by atoms with Gasteiger partial charge in [-0.3, -0.25) is 9.89 Å². The highest BCUT2D eigenvalue weighted by molar-refractivity contribution is 5.89. The minimum Gasteiger partial charge on any atom is -0.478 e. The molecule has 0 bridgehead atoms. The number of aromatic carboxylic acids is 1. The minimum absolute atomic E-state index is 0.140.